The van der Waals surface area contributed by atoms with Crippen molar-refractivity contribution >= 4 is 5.91 Å². The van der Waals surface area contributed by atoms with E-state index in [-0.39, 0.29) is 17.4 Å². The van der Waals surface area contributed by atoms with Crippen LogP contribution >= 0.6 is 0 Å². The molecule has 0 aromatic carbocycles. The molecule has 14 heavy (non-hydrogen) atoms. The highest BCUT2D eigenvalue weighted by Crippen LogP contribution is 2.26. The van der Waals surface area contributed by atoms with Gasteiger partial charge in [0.05, 0.1) is 12.6 Å². The number of amides is 1. The largest absolute Gasteiger partial charge is 0.381 e. The van der Waals surface area contributed by atoms with Gasteiger partial charge in [-0.05, 0) is 12.8 Å². The molecule has 2 unspecified atom stereocenters. The van der Waals surface area contributed by atoms with Gasteiger partial charge < -0.3 is 15.4 Å². The second-order valence-electron chi connectivity index (χ2n) is 4.63. The standard InChI is InChI=1S/C10H18N2O2/c1-10(3-5-14-7-10)6-12-8-2-4-11-9(8)13/h8,12H,2-7H2,1H3,(H,11,13). The number of nitrogens with one attached hydrogen (secondary N) is 2. The Bertz CT molecular complexity index is 224. The van der Waals surface area contributed by atoms with E-state index in [4.69, 9.17) is 4.74 Å². The van der Waals surface area contributed by atoms with Gasteiger partial charge in [-0.2, -0.15) is 0 Å². The van der Waals surface area contributed by atoms with Crippen molar-refractivity contribution in [2.75, 3.05) is 26.3 Å². The molecule has 0 saturated carbocycles. The lowest BCUT2D eigenvalue weighted by Gasteiger charge is -2.23. The van der Waals surface area contributed by atoms with Crippen LogP contribution in [-0.4, -0.2) is 38.3 Å². The number of carbonyl (C=O) groups excluding carboxylic acids is 1. The molecule has 0 aromatic rings. The Morgan fingerprint density at radius 3 is 3.14 bits per heavy atom. The van der Waals surface area contributed by atoms with E-state index in [9.17, 15) is 4.79 Å². The Morgan fingerprint density at radius 1 is 1.71 bits per heavy atom. The Labute approximate surface area is 84.4 Å². The quantitative estimate of drug-likeness (QED) is 0.665. The van der Waals surface area contributed by atoms with Gasteiger partial charge in [0.1, 0.15) is 0 Å². The van der Waals surface area contributed by atoms with Crippen LogP contribution in [0.25, 0.3) is 0 Å². The van der Waals surface area contributed by atoms with Gasteiger partial charge >= 0.3 is 0 Å². The Balaban J connectivity index is 1.78. The summed E-state index contributed by atoms with van der Waals surface area (Å²) in [6, 6.07) is 0.0208. The molecule has 0 aliphatic carbocycles. The minimum atomic E-state index is 0.0208. The van der Waals surface area contributed by atoms with Crippen LogP contribution in [0.1, 0.15) is 19.8 Å². The van der Waals surface area contributed by atoms with Crippen LogP contribution < -0.4 is 10.6 Å². The van der Waals surface area contributed by atoms with Gasteiger partial charge in [-0.3, -0.25) is 4.79 Å². The van der Waals surface area contributed by atoms with E-state index in [0.29, 0.717) is 0 Å². The van der Waals surface area contributed by atoms with Gasteiger partial charge in [0.2, 0.25) is 5.91 Å². The van der Waals surface area contributed by atoms with Crippen LogP contribution in [-0.2, 0) is 9.53 Å². The van der Waals surface area contributed by atoms with Crippen LogP contribution in [0.2, 0.25) is 0 Å². The lowest BCUT2D eigenvalue weighted by molar-refractivity contribution is -0.120. The fraction of sp³-hybridized carbons (Fsp3) is 0.900. The van der Waals surface area contributed by atoms with Crippen molar-refractivity contribution in [2.24, 2.45) is 5.41 Å². The molecule has 2 aliphatic heterocycles. The van der Waals surface area contributed by atoms with Crippen molar-refractivity contribution in [2.45, 2.75) is 25.8 Å². The molecule has 0 aromatic heterocycles. The number of hydrogen-bond donors (Lipinski definition) is 2. The summed E-state index contributed by atoms with van der Waals surface area (Å²) in [6.45, 7) is 5.57. The van der Waals surface area contributed by atoms with Gasteiger partial charge in [-0.15, -0.1) is 0 Å². The van der Waals surface area contributed by atoms with Gasteiger partial charge in [0, 0.05) is 25.1 Å². The third-order valence-electron chi connectivity index (χ3n) is 3.12. The number of hydrogen-bond acceptors (Lipinski definition) is 3. The maximum atomic E-state index is 11.3. The summed E-state index contributed by atoms with van der Waals surface area (Å²) in [5.41, 5.74) is 0.225. The first kappa shape index (κ1) is 9.93. The minimum absolute atomic E-state index is 0.0208. The van der Waals surface area contributed by atoms with E-state index in [0.717, 1.165) is 39.1 Å². The molecule has 2 N–H and O–H groups in total. The highest BCUT2D eigenvalue weighted by Gasteiger charge is 2.32. The molecule has 0 spiro atoms. The maximum Gasteiger partial charge on any atom is 0.237 e. The number of rotatable bonds is 3. The SMILES string of the molecule is CC1(CNC2CCNC2=O)CCOC1. The highest BCUT2D eigenvalue weighted by molar-refractivity contribution is 5.83. The first-order chi connectivity index (χ1) is 6.70. The van der Waals surface area contributed by atoms with Crippen LogP contribution in [0.15, 0.2) is 0 Å². The zero-order valence-electron chi connectivity index (χ0n) is 8.64. The fourth-order valence-corrected chi connectivity index (χ4v) is 2.01. The van der Waals surface area contributed by atoms with E-state index in [1.54, 1.807) is 0 Å². The summed E-state index contributed by atoms with van der Waals surface area (Å²) in [4.78, 5) is 11.3. The topological polar surface area (TPSA) is 50.4 Å². The van der Waals surface area contributed by atoms with Crippen molar-refractivity contribution in [3.8, 4) is 0 Å². The van der Waals surface area contributed by atoms with Crippen LogP contribution in [0.5, 0.6) is 0 Å². The first-order valence-electron chi connectivity index (χ1n) is 5.28. The molecule has 0 radical (unpaired) electrons. The van der Waals surface area contributed by atoms with E-state index < -0.39 is 0 Å². The zero-order chi connectivity index (χ0) is 10.0. The first-order valence-corrected chi connectivity index (χ1v) is 5.28. The van der Waals surface area contributed by atoms with Crippen molar-refractivity contribution in [1.82, 2.24) is 10.6 Å². The van der Waals surface area contributed by atoms with Gasteiger partial charge in [-0.25, -0.2) is 0 Å². The van der Waals surface area contributed by atoms with Gasteiger partial charge in [0.15, 0.2) is 0 Å². The predicted molar refractivity (Wildman–Crippen MR) is 53.0 cm³/mol. The molecule has 2 atom stereocenters. The third kappa shape index (κ3) is 2.07. The molecular weight excluding hydrogens is 180 g/mol. The molecule has 2 aliphatic rings. The van der Waals surface area contributed by atoms with Crippen LogP contribution in [0.3, 0.4) is 0 Å². The van der Waals surface area contributed by atoms with Gasteiger partial charge in [0.25, 0.3) is 0 Å². The lowest BCUT2D eigenvalue weighted by Crippen LogP contribution is -2.42. The molecule has 4 nitrogen and oxygen atoms in total. The molecule has 2 saturated heterocycles. The molecule has 4 heteroatoms. The second-order valence-corrected chi connectivity index (χ2v) is 4.63. The monoisotopic (exact) mass is 198 g/mol. The van der Waals surface area contributed by atoms with Crippen molar-refractivity contribution in [1.29, 1.82) is 0 Å². The second kappa shape index (κ2) is 3.87. The molecule has 2 rings (SSSR count). The number of carbonyl (C=O) groups is 1. The fourth-order valence-electron chi connectivity index (χ4n) is 2.01. The summed E-state index contributed by atoms with van der Waals surface area (Å²) in [7, 11) is 0. The van der Waals surface area contributed by atoms with E-state index in [2.05, 4.69) is 17.6 Å². The van der Waals surface area contributed by atoms with Crippen molar-refractivity contribution in [3.05, 3.63) is 0 Å². The van der Waals surface area contributed by atoms with Crippen LogP contribution in [0, 0.1) is 5.41 Å². The van der Waals surface area contributed by atoms with Crippen LogP contribution in [0.4, 0.5) is 0 Å². The van der Waals surface area contributed by atoms with E-state index >= 15 is 0 Å². The Kier molecular flexibility index (Phi) is 2.74. The summed E-state index contributed by atoms with van der Waals surface area (Å²) in [5.74, 6) is 0.146. The molecule has 0 bridgehead atoms. The van der Waals surface area contributed by atoms with E-state index in [1.807, 2.05) is 0 Å². The van der Waals surface area contributed by atoms with Crippen molar-refractivity contribution in [3.63, 3.8) is 0 Å². The molecular formula is C10H18N2O2. The lowest BCUT2D eigenvalue weighted by atomic mass is 9.90. The summed E-state index contributed by atoms with van der Waals surface area (Å²) in [5, 5.41) is 6.15. The van der Waals surface area contributed by atoms with E-state index in [1.165, 1.54) is 0 Å². The predicted octanol–water partition coefficient (Wildman–Crippen LogP) is -0.109. The zero-order valence-corrected chi connectivity index (χ0v) is 8.64. The molecule has 2 fully saturated rings. The highest BCUT2D eigenvalue weighted by atomic mass is 16.5. The molecule has 1 amide bonds. The Morgan fingerprint density at radius 2 is 2.57 bits per heavy atom. The summed E-state index contributed by atoms with van der Waals surface area (Å²) >= 11 is 0. The minimum Gasteiger partial charge on any atom is -0.381 e. The molecule has 80 valence electrons. The smallest absolute Gasteiger partial charge is 0.237 e. The van der Waals surface area contributed by atoms with Crippen molar-refractivity contribution < 1.29 is 9.53 Å². The number of ether oxygens (including phenoxy) is 1. The normalized spacial score (nSPS) is 37.5. The summed E-state index contributed by atoms with van der Waals surface area (Å²) in [6.07, 6.45) is 2.00. The Hall–Kier alpha value is -0.610. The average molecular weight is 198 g/mol. The summed E-state index contributed by atoms with van der Waals surface area (Å²) < 4.78 is 5.36. The molecule has 2 heterocycles. The van der Waals surface area contributed by atoms with Gasteiger partial charge in [-0.1, -0.05) is 6.92 Å². The maximum absolute atomic E-state index is 11.3. The average Bonchev–Trinajstić information content (AvgIpc) is 2.73. The third-order valence-corrected chi connectivity index (χ3v) is 3.12.